The Balaban J connectivity index is 5.94. The molecule has 0 saturated heterocycles. The fourth-order valence-electron chi connectivity index (χ4n) is 2.13. The summed E-state index contributed by atoms with van der Waals surface area (Å²) in [6, 6.07) is -1.07. The fraction of sp³-hybridized carbons (Fsp3) is 0.857. The van der Waals surface area contributed by atoms with Gasteiger partial charge < -0.3 is 5.11 Å². The number of sulfonamides is 1. The largest absolute Gasteiger partial charge is 0.465 e. The number of rotatable bonds is 4. The Kier molecular flexibility index (Phi) is 6.05. The second kappa shape index (κ2) is 6.44. The van der Waals surface area contributed by atoms with Gasteiger partial charge in [0.1, 0.15) is 6.04 Å². The summed E-state index contributed by atoms with van der Waals surface area (Å²) in [7, 11) is -2.59. The standard InChI is InChI=1S/C14H28N2O5S/c1-13(2,3)9-10(11(17)15(7)22(8,20)21)16(12(18)19)14(4,5)6/h10H,9H2,1-8H3,(H,18,19). The monoisotopic (exact) mass is 336 g/mol. The lowest BCUT2D eigenvalue weighted by Crippen LogP contribution is -2.58. The molecule has 0 aliphatic heterocycles. The van der Waals surface area contributed by atoms with Gasteiger partial charge in [0.05, 0.1) is 6.26 Å². The molecule has 0 bridgehead atoms. The maximum atomic E-state index is 12.6. The van der Waals surface area contributed by atoms with Crippen molar-refractivity contribution in [3.05, 3.63) is 0 Å². The molecule has 1 N–H and O–H groups in total. The number of carboxylic acid groups (broad SMARTS) is 1. The Morgan fingerprint density at radius 3 is 1.73 bits per heavy atom. The normalized spacial score (nSPS) is 14.4. The molecule has 22 heavy (non-hydrogen) atoms. The Labute approximate surface area is 133 Å². The topological polar surface area (TPSA) is 95.0 Å². The van der Waals surface area contributed by atoms with E-state index in [1.165, 1.54) is 0 Å². The summed E-state index contributed by atoms with van der Waals surface area (Å²) in [6.45, 7) is 10.6. The predicted molar refractivity (Wildman–Crippen MR) is 85.1 cm³/mol. The van der Waals surface area contributed by atoms with E-state index in [-0.39, 0.29) is 11.8 Å². The molecule has 0 aliphatic rings. The van der Waals surface area contributed by atoms with E-state index < -0.39 is 33.6 Å². The van der Waals surface area contributed by atoms with Crippen LogP contribution in [0.5, 0.6) is 0 Å². The molecule has 130 valence electrons. The van der Waals surface area contributed by atoms with Crippen molar-refractivity contribution in [2.75, 3.05) is 13.3 Å². The fourth-order valence-corrected chi connectivity index (χ4v) is 2.58. The number of amides is 2. The Hall–Kier alpha value is -1.31. The minimum absolute atomic E-state index is 0.218. The third-order valence-corrected chi connectivity index (χ3v) is 4.31. The minimum Gasteiger partial charge on any atom is -0.465 e. The molecule has 0 radical (unpaired) electrons. The van der Waals surface area contributed by atoms with Crippen LogP contribution in [-0.4, -0.2) is 59.6 Å². The Bertz CT molecular complexity index is 528. The first-order valence-electron chi connectivity index (χ1n) is 6.98. The molecule has 8 heteroatoms. The lowest BCUT2D eigenvalue weighted by Gasteiger charge is -2.41. The molecular formula is C14H28N2O5S. The third-order valence-electron chi connectivity index (χ3n) is 3.14. The van der Waals surface area contributed by atoms with Crippen molar-refractivity contribution in [2.45, 2.75) is 59.5 Å². The van der Waals surface area contributed by atoms with Crippen molar-refractivity contribution < 1.29 is 23.1 Å². The molecule has 0 aromatic heterocycles. The SMILES string of the molecule is CN(C(=O)C(CC(C)(C)C)N(C(=O)O)C(C)(C)C)S(C)(=O)=O. The quantitative estimate of drug-likeness (QED) is 0.847. The second-order valence-electron chi connectivity index (χ2n) is 7.67. The highest BCUT2D eigenvalue weighted by Crippen LogP contribution is 2.29. The first kappa shape index (κ1) is 20.7. The third kappa shape index (κ3) is 5.82. The summed E-state index contributed by atoms with van der Waals surface area (Å²) < 4.78 is 23.9. The maximum Gasteiger partial charge on any atom is 0.408 e. The van der Waals surface area contributed by atoms with Crippen LogP contribution in [0.3, 0.4) is 0 Å². The van der Waals surface area contributed by atoms with Crippen molar-refractivity contribution in [2.24, 2.45) is 5.41 Å². The highest BCUT2D eigenvalue weighted by molar-refractivity contribution is 7.88. The predicted octanol–water partition coefficient (Wildman–Crippen LogP) is 1.99. The maximum absolute atomic E-state index is 12.6. The van der Waals surface area contributed by atoms with Gasteiger partial charge >= 0.3 is 6.09 Å². The van der Waals surface area contributed by atoms with Crippen LogP contribution in [-0.2, 0) is 14.8 Å². The lowest BCUT2D eigenvalue weighted by atomic mass is 9.86. The van der Waals surface area contributed by atoms with E-state index in [0.717, 1.165) is 18.2 Å². The highest BCUT2D eigenvalue weighted by Gasteiger charge is 2.42. The molecule has 1 unspecified atom stereocenters. The number of carbonyl (C=O) groups excluding carboxylic acids is 1. The lowest BCUT2D eigenvalue weighted by molar-refractivity contribution is -0.133. The van der Waals surface area contributed by atoms with Crippen LogP contribution in [0.1, 0.15) is 48.0 Å². The number of hydrogen-bond donors (Lipinski definition) is 1. The van der Waals surface area contributed by atoms with Gasteiger partial charge in [-0.15, -0.1) is 0 Å². The zero-order chi connectivity index (χ0) is 18.1. The molecule has 0 aliphatic carbocycles. The van der Waals surface area contributed by atoms with Gasteiger partial charge in [0, 0.05) is 12.6 Å². The summed E-state index contributed by atoms with van der Waals surface area (Å²) in [4.78, 5) is 25.3. The van der Waals surface area contributed by atoms with Gasteiger partial charge in [-0.2, -0.15) is 0 Å². The molecule has 0 saturated carbocycles. The average molecular weight is 336 g/mol. The molecule has 0 heterocycles. The van der Waals surface area contributed by atoms with E-state index in [4.69, 9.17) is 0 Å². The Morgan fingerprint density at radius 1 is 1.09 bits per heavy atom. The molecule has 7 nitrogen and oxygen atoms in total. The van der Waals surface area contributed by atoms with E-state index >= 15 is 0 Å². The first-order chi connectivity index (χ1) is 9.48. The number of likely N-dealkylation sites (N-methyl/N-ethyl adjacent to an activating group) is 1. The molecule has 1 atom stereocenters. The molecule has 0 spiro atoms. The van der Waals surface area contributed by atoms with Crippen LogP contribution >= 0.6 is 0 Å². The zero-order valence-corrected chi connectivity index (χ0v) is 15.5. The number of hydrogen-bond acceptors (Lipinski definition) is 4. The second-order valence-corrected chi connectivity index (χ2v) is 9.69. The van der Waals surface area contributed by atoms with Crippen molar-refractivity contribution >= 4 is 22.0 Å². The number of carbonyl (C=O) groups is 2. The first-order valence-corrected chi connectivity index (χ1v) is 8.83. The molecule has 2 amide bonds. The van der Waals surface area contributed by atoms with Crippen LogP contribution in [0.25, 0.3) is 0 Å². The summed E-state index contributed by atoms with van der Waals surface area (Å²) in [5.74, 6) is -0.741. The molecule has 0 fully saturated rings. The van der Waals surface area contributed by atoms with Crippen molar-refractivity contribution in [3.63, 3.8) is 0 Å². The minimum atomic E-state index is -3.74. The van der Waals surface area contributed by atoms with Gasteiger partial charge in [-0.25, -0.2) is 17.5 Å². The smallest absolute Gasteiger partial charge is 0.408 e. The van der Waals surface area contributed by atoms with Crippen LogP contribution < -0.4 is 0 Å². The summed E-state index contributed by atoms with van der Waals surface area (Å²) in [6.07, 6.45) is -0.117. The van der Waals surface area contributed by atoms with E-state index in [2.05, 4.69) is 0 Å². The van der Waals surface area contributed by atoms with Crippen LogP contribution in [0, 0.1) is 5.41 Å². The van der Waals surface area contributed by atoms with E-state index in [1.807, 2.05) is 20.8 Å². The van der Waals surface area contributed by atoms with Crippen molar-refractivity contribution in [1.82, 2.24) is 9.21 Å². The average Bonchev–Trinajstić information content (AvgIpc) is 2.20. The van der Waals surface area contributed by atoms with Crippen LogP contribution in [0.4, 0.5) is 4.79 Å². The van der Waals surface area contributed by atoms with Gasteiger partial charge in [-0.05, 0) is 32.6 Å². The van der Waals surface area contributed by atoms with Gasteiger partial charge in [0.2, 0.25) is 10.0 Å². The summed E-state index contributed by atoms with van der Waals surface area (Å²) in [5.41, 5.74) is -1.19. The van der Waals surface area contributed by atoms with Gasteiger partial charge in [-0.3, -0.25) is 9.69 Å². The van der Waals surface area contributed by atoms with E-state index in [0.29, 0.717) is 4.31 Å². The van der Waals surface area contributed by atoms with Crippen LogP contribution in [0.2, 0.25) is 0 Å². The number of nitrogens with zero attached hydrogens (tertiary/aromatic N) is 2. The molecule has 0 rings (SSSR count). The Morgan fingerprint density at radius 2 is 1.50 bits per heavy atom. The van der Waals surface area contributed by atoms with Crippen molar-refractivity contribution in [1.29, 1.82) is 0 Å². The van der Waals surface area contributed by atoms with E-state index in [9.17, 15) is 23.1 Å². The van der Waals surface area contributed by atoms with E-state index in [1.54, 1.807) is 20.8 Å². The molecule has 0 aromatic rings. The van der Waals surface area contributed by atoms with Gasteiger partial charge in [-0.1, -0.05) is 20.8 Å². The summed E-state index contributed by atoms with van der Waals surface area (Å²) in [5, 5.41) is 9.52. The van der Waals surface area contributed by atoms with Crippen molar-refractivity contribution in [3.8, 4) is 0 Å². The zero-order valence-electron chi connectivity index (χ0n) is 14.7. The van der Waals surface area contributed by atoms with Gasteiger partial charge in [0.25, 0.3) is 5.91 Å². The van der Waals surface area contributed by atoms with Gasteiger partial charge in [0.15, 0.2) is 0 Å². The molecule has 0 aromatic carbocycles. The molecular weight excluding hydrogens is 308 g/mol. The van der Waals surface area contributed by atoms with Crippen LogP contribution in [0.15, 0.2) is 0 Å². The highest BCUT2D eigenvalue weighted by atomic mass is 32.2. The summed E-state index contributed by atoms with van der Waals surface area (Å²) >= 11 is 0.